The van der Waals surface area contributed by atoms with E-state index in [1.165, 1.54) is 12.3 Å². The summed E-state index contributed by atoms with van der Waals surface area (Å²) in [6, 6.07) is 12.1. The number of nitrogens with zero attached hydrogens (tertiary/aromatic N) is 1. The van der Waals surface area contributed by atoms with Gasteiger partial charge in [-0.3, -0.25) is 15.2 Å². The molecule has 0 saturated carbocycles. The summed E-state index contributed by atoms with van der Waals surface area (Å²) < 4.78 is 45.2. The lowest BCUT2D eigenvalue weighted by atomic mass is 9.83. The number of benzene rings is 2. The average Bonchev–Trinajstić information content (AvgIpc) is 2.79. The van der Waals surface area contributed by atoms with Crippen LogP contribution in [0.4, 0.5) is 18.9 Å². The molecule has 10 heteroatoms. The summed E-state index contributed by atoms with van der Waals surface area (Å²) >= 11 is 5.65. The number of rotatable bonds is 5. The Kier molecular flexibility index (Phi) is 6.47. The van der Waals surface area contributed by atoms with E-state index >= 15 is 0 Å². The van der Waals surface area contributed by atoms with Gasteiger partial charge in [0.1, 0.15) is 23.0 Å². The zero-order valence-electron chi connectivity index (χ0n) is 17.7. The Balaban J connectivity index is 1.47. The molecule has 6 nitrogen and oxygen atoms in total. The predicted molar refractivity (Wildman–Crippen MR) is 122 cm³/mol. The molecular formula is C24H20ClF3N4O2. The first kappa shape index (κ1) is 23.6. The molecule has 0 bridgehead atoms. The summed E-state index contributed by atoms with van der Waals surface area (Å²) in [6.45, 7) is 0. The topological polar surface area (TPSA) is 101 Å². The number of carbonyl (C=O) groups excluding carboxylic acids is 1. The number of nitrogens with two attached hydrogens (primary N) is 1. The van der Waals surface area contributed by atoms with E-state index in [0.29, 0.717) is 36.5 Å². The first-order valence-corrected chi connectivity index (χ1v) is 10.8. The second-order valence-electron chi connectivity index (χ2n) is 7.94. The number of anilines is 1. The molecule has 3 aromatic rings. The molecule has 1 amide bonds. The van der Waals surface area contributed by atoms with Crippen molar-refractivity contribution in [3.63, 3.8) is 0 Å². The maximum atomic E-state index is 13.1. The number of aryl methyl sites for hydroxylation is 1. The number of ether oxygens (including phenoxy) is 1. The van der Waals surface area contributed by atoms with Gasteiger partial charge in [0.25, 0.3) is 0 Å². The van der Waals surface area contributed by atoms with E-state index in [4.69, 9.17) is 27.5 Å². The number of amidine groups is 1. The van der Waals surface area contributed by atoms with Gasteiger partial charge in [0.05, 0.1) is 10.6 Å². The standard InChI is InChI=1S/C24H20ClF3N4O2/c25-20-6-4-16(11-19(20)24(26,27)28)32-23(33)14-2-1-13-3-5-17(10-15(13)9-14)34-18-7-8-31-21(12-18)22(29)30/h3-8,10-12,14H,1-2,9H2,(H3,29,30)(H,32,33). The zero-order valence-corrected chi connectivity index (χ0v) is 18.5. The predicted octanol–water partition coefficient (Wildman–Crippen LogP) is 5.57. The SMILES string of the molecule is N=C(N)c1cc(Oc2ccc3c(c2)CC(C(=O)Nc2ccc(Cl)c(C(F)(F)F)c2)CC3)ccn1. The molecule has 0 fully saturated rings. The number of fused-ring (bicyclic) bond motifs is 1. The fourth-order valence-electron chi connectivity index (χ4n) is 3.84. The van der Waals surface area contributed by atoms with Crippen LogP contribution in [0.2, 0.25) is 5.02 Å². The minimum absolute atomic E-state index is 0.0450. The maximum Gasteiger partial charge on any atom is 0.417 e. The lowest BCUT2D eigenvalue weighted by molar-refractivity contribution is -0.137. The minimum Gasteiger partial charge on any atom is -0.457 e. The van der Waals surface area contributed by atoms with Gasteiger partial charge < -0.3 is 15.8 Å². The Morgan fingerprint density at radius 1 is 1.12 bits per heavy atom. The molecule has 4 N–H and O–H groups in total. The molecule has 1 heterocycles. The summed E-state index contributed by atoms with van der Waals surface area (Å²) in [5.41, 5.74) is 6.83. The summed E-state index contributed by atoms with van der Waals surface area (Å²) in [4.78, 5) is 16.8. The summed E-state index contributed by atoms with van der Waals surface area (Å²) in [7, 11) is 0. The molecule has 2 aromatic carbocycles. The third-order valence-electron chi connectivity index (χ3n) is 5.56. The van der Waals surface area contributed by atoms with Gasteiger partial charge in [-0.05, 0) is 66.8 Å². The zero-order chi connectivity index (χ0) is 24.5. The van der Waals surface area contributed by atoms with E-state index in [-0.39, 0.29) is 17.4 Å². The van der Waals surface area contributed by atoms with Crippen LogP contribution in [0.5, 0.6) is 11.5 Å². The highest BCUT2D eigenvalue weighted by Crippen LogP contribution is 2.37. The number of hydrogen-bond acceptors (Lipinski definition) is 4. The van der Waals surface area contributed by atoms with Crippen LogP contribution in [-0.2, 0) is 23.8 Å². The number of alkyl halides is 3. The van der Waals surface area contributed by atoms with Crippen molar-refractivity contribution in [2.24, 2.45) is 11.7 Å². The van der Waals surface area contributed by atoms with Gasteiger partial charge in [-0.25, -0.2) is 0 Å². The third-order valence-corrected chi connectivity index (χ3v) is 5.89. The van der Waals surface area contributed by atoms with Crippen LogP contribution in [-0.4, -0.2) is 16.7 Å². The number of hydrogen-bond donors (Lipinski definition) is 3. The van der Waals surface area contributed by atoms with E-state index < -0.39 is 22.7 Å². The van der Waals surface area contributed by atoms with Crippen LogP contribution in [0.15, 0.2) is 54.7 Å². The van der Waals surface area contributed by atoms with Gasteiger partial charge in [-0.1, -0.05) is 17.7 Å². The Bertz CT molecular complexity index is 1260. The average molecular weight is 489 g/mol. The van der Waals surface area contributed by atoms with Gasteiger partial charge >= 0.3 is 6.18 Å². The smallest absolute Gasteiger partial charge is 0.417 e. The van der Waals surface area contributed by atoms with Crippen LogP contribution >= 0.6 is 11.6 Å². The van der Waals surface area contributed by atoms with Crippen molar-refractivity contribution in [1.29, 1.82) is 5.41 Å². The number of nitrogens with one attached hydrogen (secondary N) is 2. The Morgan fingerprint density at radius 2 is 1.88 bits per heavy atom. The highest BCUT2D eigenvalue weighted by Gasteiger charge is 2.34. The van der Waals surface area contributed by atoms with Crippen LogP contribution in [0.25, 0.3) is 0 Å². The Morgan fingerprint density at radius 3 is 2.62 bits per heavy atom. The highest BCUT2D eigenvalue weighted by atomic mass is 35.5. The minimum atomic E-state index is -4.61. The summed E-state index contributed by atoms with van der Waals surface area (Å²) in [5, 5.41) is 9.66. The van der Waals surface area contributed by atoms with Gasteiger partial charge in [0.2, 0.25) is 5.91 Å². The van der Waals surface area contributed by atoms with Crippen molar-refractivity contribution < 1.29 is 22.7 Å². The quantitative estimate of drug-likeness (QED) is 0.322. The summed E-state index contributed by atoms with van der Waals surface area (Å²) in [5.74, 6) is 0.0833. The largest absolute Gasteiger partial charge is 0.457 e. The molecule has 176 valence electrons. The molecule has 4 rings (SSSR count). The molecule has 0 radical (unpaired) electrons. The molecule has 1 unspecified atom stereocenters. The van der Waals surface area contributed by atoms with Crippen molar-refractivity contribution in [2.75, 3.05) is 5.32 Å². The van der Waals surface area contributed by atoms with Gasteiger partial charge in [0.15, 0.2) is 0 Å². The number of aromatic nitrogens is 1. The van der Waals surface area contributed by atoms with E-state index in [1.807, 2.05) is 18.2 Å². The van der Waals surface area contributed by atoms with E-state index in [0.717, 1.165) is 23.3 Å². The van der Waals surface area contributed by atoms with Crippen molar-refractivity contribution in [1.82, 2.24) is 4.98 Å². The van der Waals surface area contributed by atoms with Gasteiger partial charge in [0, 0.05) is 23.9 Å². The first-order valence-electron chi connectivity index (χ1n) is 10.4. The Hall–Kier alpha value is -3.59. The van der Waals surface area contributed by atoms with Gasteiger partial charge in [-0.15, -0.1) is 0 Å². The van der Waals surface area contributed by atoms with Crippen molar-refractivity contribution in [3.8, 4) is 11.5 Å². The van der Waals surface area contributed by atoms with E-state index in [9.17, 15) is 18.0 Å². The third kappa shape index (κ3) is 5.31. The normalized spacial score (nSPS) is 15.4. The molecule has 1 aliphatic carbocycles. The number of halogens is 4. The fourth-order valence-corrected chi connectivity index (χ4v) is 4.07. The lowest BCUT2D eigenvalue weighted by Gasteiger charge is -2.24. The van der Waals surface area contributed by atoms with Crippen molar-refractivity contribution in [3.05, 3.63) is 82.1 Å². The van der Waals surface area contributed by atoms with Crippen LogP contribution in [0.1, 0.15) is 28.8 Å². The monoisotopic (exact) mass is 488 g/mol. The lowest BCUT2D eigenvalue weighted by Crippen LogP contribution is -2.28. The van der Waals surface area contributed by atoms with Crippen molar-refractivity contribution in [2.45, 2.75) is 25.4 Å². The maximum absolute atomic E-state index is 13.1. The highest BCUT2D eigenvalue weighted by molar-refractivity contribution is 6.31. The molecule has 1 aromatic heterocycles. The van der Waals surface area contributed by atoms with Crippen molar-refractivity contribution >= 4 is 29.0 Å². The number of carbonyl (C=O) groups is 1. The molecular weight excluding hydrogens is 469 g/mol. The van der Waals surface area contributed by atoms with Crippen LogP contribution in [0.3, 0.4) is 0 Å². The molecule has 0 spiro atoms. The molecule has 34 heavy (non-hydrogen) atoms. The summed E-state index contributed by atoms with van der Waals surface area (Å²) in [6.07, 6.45) is -1.46. The molecule has 1 aliphatic rings. The molecule has 0 aliphatic heterocycles. The second-order valence-corrected chi connectivity index (χ2v) is 8.35. The van der Waals surface area contributed by atoms with Crippen LogP contribution in [0, 0.1) is 11.3 Å². The first-order chi connectivity index (χ1) is 16.1. The van der Waals surface area contributed by atoms with Crippen LogP contribution < -0.4 is 15.8 Å². The number of pyridine rings is 1. The Labute approximate surface area is 198 Å². The van der Waals surface area contributed by atoms with Gasteiger partial charge in [-0.2, -0.15) is 13.2 Å². The number of nitrogen functional groups attached to an aromatic ring is 1. The molecule has 1 atom stereocenters. The molecule has 0 saturated heterocycles. The van der Waals surface area contributed by atoms with E-state index in [2.05, 4.69) is 10.3 Å². The fraction of sp³-hybridized carbons (Fsp3) is 0.208. The number of amides is 1. The van der Waals surface area contributed by atoms with E-state index in [1.54, 1.807) is 12.1 Å². The second kappa shape index (κ2) is 9.34.